The summed E-state index contributed by atoms with van der Waals surface area (Å²) in [5.41, 5.74) is -0.544. The van der Waals surface area contributed by atoms with Crippen molar-refractivity contribution >= 4 is 28.9 Å². The zero-order valence-corrected chi connectivity index (χ0v) is 25.2. The highest BCUT2D eigenvalue weighted by atomic mass is 32.1. The maximum Gasteiger partial charge on any atom is 0.433 e. The molecular formula is C30H33F3N6O3S. The third-order valence-corrected chi connectivity index (χ3v) is 9.00. The van der Waals surface area contributed by atoms with Gasteiger partial charge in [0.25, 0.3) is 0 Å². The Kier molecular flexibility index (Phi) is 7.62. The summed E-state index contributed by atoms with van der Waals surface area (Å²) < 4.78 is 41.7. The number of nitrogens with zero attached hydrogens (tertiary/aromatic N) is 5. The Morgan fingerprint density at radius 2 is 1.81 bits per heavy atom. The molecule has 3 aromatic heterocycles. The van der Waals surface area contributed by atoms with E-state index in [2.05, 4.69) is 25.4 Å². The van der Waals surface area contributed by atoms with Crippen molar-refractivity contribution in [1.82, 2.24) is 24.7 Å². The number of thiazole rings is 1. The Bertz CT molecular complexity index is 1660. The molecule has 1 aliphatic rings. The van der Waals surface area contributed by atoms with Gasteiger partial charge in [-0.15, -0.1) is 11.3 Å². The van der Waals surface area contributed by atoms with Crippen molar-refractivity contribution in [2.75, 3.05) is 5.32 Å². The molecule has 0 saturated heterocycles. The summed E-state index contributed by atoms with van der Waals surface area (Å²) >= 11 is 1.30. The molecule has 4 aromatic rings. The topological polar surface area (TPSA) is 126 Å². The van der Waals surface area contributed by atoms with Gasteiger partial charge in [0.05, 0.1) is 22.5 Å². The van der Waals surface area contributed by atoms with E-state index in [-0.39, 0.29) is 24.3 Å². The Morgan fingerprint density at radius 1 is 1.09 bits per heavy atom. The Balaban J connectivity index is 1.53. The van der Waals surface area contributed by atoms with Crippen LogP contribution in [0.5, 0.6) is 0 Å². The summed E-state index contributed by atoms with van der Waals surface area (Å²) in [4.78, 5) is 24.7. The second-order valence-electron chi connectivity index (χ2n) is 12.7. The highest BCUT2D eigenvalue weighted by molar-refractivity contribution is 7.15. The predicted molar refractivity (Wildman–Crippen MR) is 157 cm³/mol. The minimum Gasteiger partial charge on any atom is -0.481 e. The first-order chi connectivity index (χ1) is 19.9. The first-order valence-corrected chi connectivity index (χ1v) is 14.6. The van der Waals surface area contributed by atoms with E-state index in [1.807, 2.05) is 51.6 Å². The van der Waals surface area contributed by atoms with Crippen LogP contribution >= 0.6 is 11.3 Å². The zero-order chi connectivity index (χ0) is 31.4. The molecule has 0 bridgehead atoms. The lowest BCUT2D eigenvalue weighted by molar-refractivity contribution is -0.154. The van der Waals surface area contributed by atoms with Crippen LogP contribution in [0, 0.1) is 11.3 Å². The second-order valence-corrected chi connectivity index (χ2v) is 13.7. The van der Waals surface area contributed by atoms with E-state index < -0.39 is 34.8 Å². The number of hydrogen-bond donors (Lipinski definition) is 3. The lowest BCUT2D eigenvalue weighted by Gasteiger charge is -2.44. The minimum absolute atomic E-state index is 0.208. The monoisotopic (exact) mass is 614 g/mol. The summed E-state index contributed by atoms with van der Waals surface area (Å²) in [5, 5.41) is 29.1. The van der Waals surface area contributed by atoms with Crippen LogP contribution in [0.3, 0.4) is 0 Å². The number of aliphatic carboxylic acids is 1. The molecule has 2 atom stereocenters. The molecule has 0 amide bonds. The summed E-state index contributed by atoms with van der Waals surface area (Å²) in [7, 11) is 0. The van der Waals surface area contributed by atoms with Crippen LogP contribution in [0.4, 0.5) is 24.8 Å². The number of benzene rings is 1. The van der Waals surface area contributed by atoms with Gasteiger partial charge in [0, 0.05) is 29.8 Å². The lowest BCUT2D eigenvalue weighted by Crippen LogP contribution is -2.44. The van der Waals surface area contributed by atoms with Gasteiger partial charge in [-0.3, -0.25) is 9.48 Å². The molecule has 5 rings (SSSR count). The van der Waals surface area contributed by atoms with Gasteiger partial charge in [-0.1, -0.05) is 13.8 Å². The van der Waals surface area contributed by atoms with E-state index in [1.165, 1.54) is 11.3 Å². The quantitative estimate of drug-likeness (QED) is 0.210. The summed E-state index contributed by atoms with van der Waals surface area (Å²) in [6.45, 7) is 9.76. The Hall–Kier alpha value is -3.84. The minimum atomic E-state index is -4.62. The normalized spacial score (nSPS) is 20.6. The molecule has 1 fully saturated rings. The molecule has 0 spiro atoms. The van der Waals surface area contributed by atoms with Crippen LogP contribution in [-0.2, 0) is 22.1 Å². The third kappa shape index (κ3) is 6.42. The van der Waals surface area contributed by atoms with Crippen molar-refractivity contribution in [3.8, 4) is 21.6 Å². The smallest absolute Gasteiger partial charge is 0.433 e. The molecule has 0 radical (unpaired) electrons. The van der Waals surface area contributed by atoms with Gasteiger partial charge in [-0.25, -0.2) is 15.0 Å². The fraction of sp³-hybridized carbons (Fsp3) is 0.433. The number of aromatic nitrogens is 5. The van der Waals surface area contributed by atoms with E-state index >= 15 is 0 Å². The van der Waals surface area contributed by atoms with Gasteiger partial charge in [-0.2, -0.15) is 18.3 Å². The predicted octanol–water partition coefficient (Wildman–Crippen LogP) is 7.08. The van der Waals surface area contributed by atoms with Crippen LogP contribution in [-0.4, -0.2) is 40.9 Å². The van der Waals surface area contributed by atoms with Gasteiger partial charge in [0.15, 0.2) is 0 Å². The largest absolute Gasteiger partial charge is 0.481 e. The SMILES string of the molecule is CC1(C)C[C@](O)(c2ncc(-c3cc(Nc4nccc(C(F)(F)F)n4)cc(-c4cnn(C(C)(C)C)c4)c3)s2)CC[C@H]1C(=O)O. The Labute approximate surface area is 250 Å². The average Bonchev–Trinajstić information content (AvgIpc) is 3.58. The summed E-state index contributed by atoms with van der Waals surface area (Å²) in [6.07, 6.45) is 2.54. The van der Waals surface area contributed by atoms with E-state index in [0.29, 0.717) is 22.7 Å². The van der Waals surface area contributed by atoms with Crippen LogP contribution in [0.2, 0.25) is 0 Å². The van der Waals surface area contributed by atoms with Crippen LogP contribution in [0.15, 0.2) is 49.1 Å². The summed E-state index contributed by atoms with van der Waals surface area (Å²) in [6, 6.07) is 6.27. The van der Waals surface area contributed by atoms with E-state index in [1.54, 1.807) is 24.5 Å². The van der Waals surface area contributed by atoms with Crippen LogP contribution < -0.4 is 5.32 Å². The maximum atomic E-state index is 13.3. The fourth-order valence-electron chi connectivity index (χ4n) is 5.56. The molecule has 0 unspecified atom stereocenters. The molecule has 3 heterocycles. The molecule has 1 aromatic carbocycles. The number of rotatable bonds is 6. The molecule has 9 nitrogen and oxygen atoms in total. The number of carboxylic acids is 1. The van der Waals surface area contributed by atoms with Gasteiger partial charge in [0.2, 0.25) is 5.95 Å². The van der Waals surface area contributed by atoms with Gasteiger partial charge >= 0.3 is 12.1 Å². The highest BCUT2D eigenvalue weighted by Gasteiger charge is 2.49. The maximum absolute atomic E-state index is 13.3. The lowest BCUT2D eigenvalue weighted by atomic mass is 9.63. The molecule has 0 aliphatic heterocycles. The van der Waals surface area contributed by atoms with Crippen molar-refractivity contribution in [2.24, 2.45) is 11.3 Å². The number of hydrogen-bond acceptors (Lipinski definition) is 8. The number of anilines is 2. The third-order valence-electron chi connectivity index (χ3n) is 7.76. The first-order valence-electron chi connectivity index (χ1n) is 13.7. The number of carbonyl (C=O) groups is 1. The molecule has 1 saturated carbocycles. The summed E-state index contributed by atoms with van der Waals surface area (Å²) in [5.74, 6) is -1.65. The van der Waals surface area contributed by atoms with Crippen molar-refractivity contribution in [3.05, 3.63) is 59.8 Å². The average molecular weight is 615 g/mol. The number of halogens is 3. The van der Waals surface area contributed by atoms with E-state index in [9.17, 15) is 28.2 Å². The van der Waals surface area contributed by atoms with Gasteiger partial charge in [-0.05, 0) is 80.8 Å². The van der Waals surface area contributed by atoms with Crippen molar-refractivity contribution < 1.29 is 28.2 Å². The number of nitrogens with one attached hydrogen (secondary N) is 1. The fourth-order valence-corrected chi connectivity index (χ4v) is 6.57. The molecule has 43 heavy (non-hydrogen) atoms. The number of aliphatic hydroxyl groups is 1. The second kappa shape index (κ2) is 10.7. The van der Waals surface area contributed by atoms with E-state index in [0.717, 1.165) is 28.3 Å². The van der Waals surface area contributed by atoms with Crippen molar-refractivity contribution in [3.63, 3.8) is 0 Å². The van der Waals surface area contributed by atoms with Crippen molar-refractivity contribution in [1.29, 1.82) is 0 Å². The van der Waals surface area contributed by atoms with Gasteiger partial charge in [0.1, 0.15) is 16.3 Å². The molecule has 1 aliphatic carbocycles. The number of carboxylic acid groups (broad SMARTS) is 1. The zero-order valence-electron chi connectivity index (χ0n) is 24.4. The van der Waals surface area contributed by atoms with Crippen LogP contribution in [0.25, 0.3) is 21.6 Å². The highest BCUT2D eigenvalue weighted by Crippen LogP contribution is 2.51. The molecule has 3 N–H and O–H groups in total. The molecule has 13 heteroatoms. The van der Waals surface area contributed by atoms with Gasteiger partial charge < -0.3 is 15.5 Å². The standard InChI is InChI=1S/C30H33F3N6O3S/c1-27(2,3)39-15-19(13-36-39)17-10-18(12-20(11-17)37-26-34-9-7-23(38-26)30(31,32)33)22-14-35-25(43-22)29(42)8-6-21(24(40)41)28(4,5)16-29/h7,9-15,21,42H,6,8,16H2,1-5H3,(H,40,41)(H,34,37,38)/t21-,29-/m0/s1. The molecule has 228 valence electrons. The van der Waals surface area contributed by atoms with Crippen LogP contribution in [0.1, 0.15) is 64.6 Å². The first kappa shape index (κ1) is 30.6. The van der Waals surface area contributed by atoms with Crippen molar-refractivity contribution in [2.45, 2.75) is 71.2 Å². The number of alkyl halides is 3. The van der Waals surface area contributed by atoms with E-state index in [4.69, 9.17) is 0 Å². The molecular weight excluding hydrogens is 581 g/mol. The Morgan fingerprint density at radius 3 is 2.44 bits per heavy atom.